The van der Waals surface area contributed by atoms with Crippen molar-refractivity contribution < 1.29 is 14.3 Å². The minimum Gasteiger partial charge on any atom is -0.457 e. The molecule has 2 aliphatic heterocycles. The number of ether oxygens (including phenoxy) is 1. The highest BCUT2D eigenvalue weighted by Crippen LogP contribution is 2.45. The molecule has 1 aromatic heterocycles. The Morgan fingerprint density at radius 3 is 2.89 bits per heavy atom. The third kappa shape index (κ3) is 1.80. The van der Waals surface area contributed by atoms with Gasteiger partial charge in [-0.1, -0.05) is 23.7 Å². The van der Waals surface area contributed by atoms with E-state index in [9.17, 15) is 5.11 Å². The second-order valence-electron chi connectivity index (χ2n) is 5.53. The number of para-hydroxylation sites is 1. The normalized spacial score (nSPS) is 31.2. The molecule has 2 aromatic rings. The summed E-state index contributed by atoms with van der Waals surface area (Å²) < 4.78 is 11.5. The van der Waals surface area contributed by atoms with E-state index in [4.69, 9.17) is 20.8 Å². The van der Waals surface area contributed by atoms with E-state index in [1.807, 2.05) is 18.2 Å². The number of aliphatic hydroxyl groups excluding tert-OH is 1. The second-order valence-corrected chi connectivity index (χ2v) is 5.93. The summed E-state index contributed by atoms with van der Waals surface area (Å²) in [6.07, 6.45) is 3.02. The molecule has 3 nitrogen and oxygen atoms in total. The lowest BCUT2D eigenvalue weighted by molar-refractivity contribution is 0.0324. The molecule has 3 heterocycles. The maximum Gasteiger partial charge on any atom is 0.152 e. The summed E-state index contributed by atoms with van der Waals surface area (Å²) in [6, 6.07) is 7.51. The predicted molar refractivity (Wildman–Crippen MR) is 72.2 cm³/mol. The van der Waals surface area contributed by atoms with Crippen molar-refractivity contribution in [1.82, 2.24) is 0 Å². The number of fused-ring (bicyclic) bond motifs is 3. The van der Waals surface area contributed by atoms with Crippen molar-refractivity contribution in [2.75, 3.05) is 0 Å². The first-order chi connectivity index (χ1) is 9.22. The van der Waals surface area contributed by atoms with E-state index in [0.29, 0.717) is 22.5 Å². The third-order valence-corrected chi connectivity index (χ3v) is 4.66. The van der Waals surface area contributed by atoms with Crippen LogP contribution in [0, 0.1) is 5.92 Å². The first-order valence-electron chi connectivity index (χ1n) is 6.74. The van der Waals surface area contributed by atoms with Crippen LogP contribution in [0.25, 0.3) is 11.0 Å². The van der Waals surface area contributed by atoms with Gasteiger partial charge in [-0.2, -0.15) is 0 Å². The van der Waals surface area contributed by atoms with Gasteiger partial charge in [-0.15, -0.1) is 0 Å². The van der Waals surface area contributed by atoms with Crippen LogP contribution in [0.2, 0.25) is 5.02 Å². The standard InChI is InChI=1S/C15H15ClO3/c16-11-3-1-2-8-6-13(19-15(8)11)14(17)10-7-9-4-5-12(10)18-9/h1-3,6,9-10,12,14,17H,4-5,7H2. The van der Waals surface area contributed by atoms with Gasteiger partial charge in [-0.05, 0) is 31.4 Å². The molecule has 4 atom stereocenters. The summed E-state index contributed by atoms with van der Waals surface area (Å²) in [4.78, 5) is 0. The molecule has 100 valence electrons. The number of halogens is 1. The zero-order valence-electron chi connectivity index (χ0n) is 10.4. The molecular weight excluding hydrogens is 264 g/mol. The number of furan rings is 1. The maximum absolute atomic E-state index is 10.5. The van der Waals surface area contributed by atoms with Crippen molar-refractivity contribution in [3.63, 3.8) is 0 Å². The van der Waals surface area contributed by atoms with Gasteiger partial charge in [-0.25, -0.2) is 0 Å². The number of rotatable bonds is 2. The molecule has 4 rings (SSSR count). The van der Waals surface area contributed by atoms with Gasteiger partial charge in [0.05, 0.1) is 17.2 Å². The Kier molecular flexibility index (Phi) is 2.62. The third-order valence-electron chi connectivity index (χ3n) is 4.37. The summed E-state index contributed by atoms with van der Waals surface area (Å²) in [6.45, 7) is 0. The molecule has 0 spiro atoms. The molecule has 1 N–H and O–H groups in total. The Morgan fingerprint density at radius 1 is 1.32 bits per heavy atom. The molecule has 0 saturated carbocycles. The number of aliphatic hydroxyl groups is 1. The lowest BCUT2D eigenvalue weighted by Crippen LogP contribution is -2.23. The van der Waals surface area contributed by atoms with Crippen LogP contribution in [-0.4, -0.2) is 17.3 Å². The molecule has 0 aliphatic carbocycles. The summed E-state index contributed by atoms with van der Waals surface area (Å²) in [5.41, 5.74) is 0.655. The van der Waals surface area contributed by atoms with Gasteiger partial charge in [0.25, 0.3) is 0 Å². The van der Waals surface area contributed by atoms with Crippen molar-refractivity contribution >= 4 is 22.6 Å². The van der Waals surface area contributed by atoms with E-state index >= 15 is 0 Å². The van der Waals surface area contributed by atoms with Crippen molar-refractivity contribution in [2.45, 2.75) is 37.6 Å². The zero-order valence-corrected chi connectivity index (χ0v) is 11.1. The molecule has 4 heteroatoms. The van der Waals surface area contributed by atoms with Crippen molar-refractivity contribution in [2.24, 2.45) is 5.92 Å². The topological polar surface area (TPSA) is 42.6 Å². The molecule has 2 fully saturated rings. The van der Waals surface area contributed by atoms with Crippen molar-refractivity contribution in [3.8, 4) is 0 Å². The van der Waals surface area contributed by atoms with E-state index in [1.165, 1.54) is 0 Å². The van der Waals surface area contributed by atoms with Gasteiger partial charge in [-0.3, -0.25) is 0 Å². The SMILES string of the molecule is OC(c1cc2cccc(Cl)c2o1)C1CC2CCC1O2. The smallest absolute Gasteiger partial charge is 0.152 e. The molecule has 0 amide bonds. The molecule has 1 aromatic carbocycles. The van der Waals surface area contributed by atoms with Gasteiger partial charge in [0.2, 0.25) is 0 Å². The van der Waals surface area contributed by atoms with Crippen LogP contribution in [0.15, 0.2) is 28.7 Å². The second kappa shape index (κ2) is 4.23. The van der Waals surface area contributed by atoms with Crippen molar-refractivity contribution in [3.05, 3.63) is 35.0 Å². The Balaban J connectivity index is 1.68. The van der Waals surface area contributed by atoms with Gasteiger partial charge in [0, 0.05) is 11.3 Å². The molecule has 0 radical (unpaired) electrons. The van der Waals surface area contributed by atoms with Crippen LogP contribution in [0.1, 0.15) is 31.1 Å². The molecule has 4 unspecified atom stereocenters. The summed E-state index contributed by atoms with van der Waals surface area (Å²) in [5.74, 6) is 0.752. The lowest BCUT2D eigenvalue weighted by Gasteiger charge is -2.22. The lowest BCUT2D eigenvalue weighted by atomic mass is 9.84. The maximum atomic E-state index is 10.5. The van der Waals surface area contributed by atoms with Crippen molar-refractivity contribution in [1.29, 1.82) is 0 Å². The van der Waals surface area contributed by atoms with Gasteiger partial charge < -0.3 is 14.3 Å². The summed E-state index contributed by atoms with van der Waals surface area (Å²) >= 11 is 6.10. The van der Waals surface area contributed by atoms with Gasteiger partial charge in [0.1, 0.15) is 11.9 Å². The Bertz CT molecular complexity index is 621. The number of hydrogen-bond acceptors (Lipinski definition) is 3. The van der Waals surface area contributed by atoms with Crippen LogP contribution in [0.3, 0.4) is 0 Å². The minimum atomic E-state index is -0.598. The Hall–Kier alpha value is -1.03. The zero-order chi connectivity index (χ0) is 13.0. The Morgan fingerprint density at radius 2 is 2.21 bits per heavy atom. The molecule has 2 bridgehead atoms. The predicted octanol–water partition coefficient (Wildman–Crippen LogP) is 3.69. The fraction of sp³-hybridized carbons (Fsp3) is 0.467. The summed E-state index contributed by atoms with van der Waals surface area (Å²) in [5, 5.41) is 12.0. The van der Waals surface area contributed by atoms with E-state index in [2.05, 4.69) is 0 Å². The fourth-order valence-electron chi connectivity index (χ4n) is 3.41. The minimum absolute atomic E-state index is 0.151. The highest BCUT2D eigenvalue weighted by atomic mass is 35.5. The highest BCUT2D eigenvalue weighted by Gasteiger charge is 2.45. The first kappa shape index (κ1) is 11.8. The fourth-order valence-corrected chi connectivity index (χ4v) is 3.63. The van der Waals surface area contributed by atoms with E-state index < -0.39 is 6.10 Å². The first-order valence-corrected chi connectivity index (χ1v) is 7.11. The number of hydrogen-bond donors (Lipinski definition) is 1. The van der Waals surface area contributed by atoms with E-state index in [0.717, 1.165) is 24.6 Å². The molecular formula is C15H15ClO3. The van der Waals surface area contributed by atoms with Crippen LogP contribution < -0.4 is 0 Å². The van der Waals surface area contributed by atoms with Gasteiger partial charge >= 0.3 is 0 Å². The van der Waals surface area contributed by atoms with Crippen LogP contribution in [0.4, 0.5) is 0 Å². The summed E-state index contributed by atoms with van der Waals surface area (Å²) in [7, 11) is 0. The monoisotopic (exact) mass is 278 g/mol. The molecule has 19 heavy (non-hydrogen) atoms. The van der Waals surface area contributed by atoms with Crippen LogP contribution in [0.5, 0.6) is 0 Å². The van der Waals surface area contributed by atoms with Crippen LogP contribution >= 0.6 is 11.6 Å². The quantitative estimate of drug-likeness (QED) is 0.911. The van der Waals surface area contributed by atoms with Crippen LogP contribution in [-0.2, 0) is 4.74 Å². The molecule has 2 saturated heterocycles. The van der Waals surface area contributed by atoms with E-state index in [-0.39, 0.29) is 12.0 Å². The van der Waals surface area contributed by atoms with Gasteiger partial charge in [0.15, 0.2) is 5.58 Å². The average Bonchev–Trinajstić information content (AvgIpc) is 3.12. The number of benzene rings is 1. The Labute approximate surface area is 116 Å². The average molecular weight is 279 g/mol. The highest BCUT2D eigenvalue weighted by molar-refractivity contribution is 6.34. The van der Waals surface area contributed by atoms with E-state index in [1.54, 1.807) is 6.07 Å². The largest absolute Gasteiger partial charge is 0.457 e. The molecule has 2 aliphatic rings.